The number of hydrogen-bond donors (Lipinski definition) is 0. The van der Waals surface area contributed by atoms with E-state index in [1.165, 1.54) is 5.56 Å². The Bertz CT molecular complexity index is 1110. The molecule has 7 nitrogen and oxygen atoms in total. The second-order valence-electron chi connectivity index (χ2n) is 8.28. The number of sulfonamides is 1. The zero-order valence-electron chi connectivity index (χ0n) is 18.2. The van der Waals surface area contributed by atoms with Crippen LogP contribution in [0.25, 0.3) is 11.4 Å². The lowest BCUT2D eigenvalue weighted by Gasteiger charge is -2.33. The Morgan fingerprint density at radius 1 is 0.968 bits per heavy atom. The van der Waals surface area contributed by atoms with E-state index in [2.05, 4.69) is 28.9 Å². The smallest absolute Gasteiger partial charge is 0.243 e. The monoisotopic (exact) mass is 440 g/mol. The fourth-order valence-electron chi connectivity index (χ4n) is 3.63. The molecule has 0 amide bonds. The molecule has 0 unspecified atom stereocenters. The lowest BCUT2D eigenvalue weighted by molar-refractivity contribution is 0.163. The third-order valence-corrected chi connectivity index (χ3v) is 7.57. The van der Waals surface area contributed by atoms with Crippen LogP contribution in [-0.2, 0) is 16.6 Å². The maximum absolute atomic E-state index is 13.0. The van der Waals surface area contributed by atoms with Crippen LogP contribution in [0.1, 0.15) is 36.8 Å². The van der Waals surface area contributed by atoms with Gasteiger partial charge in [0.15, 0.2) is 0 Å². The SMILES string of the molecule is Cc1ccc(-c2noc(CN3CCN(S(=O)(=O)c4ccc(C(C)C)cc4)CC3)n2)cc1. The van der Waals surface area contributed by atoms with E-state index >= 15 is 0 Å². The average Bonchev–Trinajstić information content (AvgIpc) is 3.23. The lowest BCUT2D eigenvalue weighted by atomic mass is 10.0. The number of benzene rings is 2. The van der Waals surface area contributed by atoms with E-state index in [4.69, 9.17) is 4.52 Å². The molecule has 0 N–H and O–H groups in total. The average molecular weight is 441 g/mol. The van der Waals surface area contributed by atoms with E-state index in [-0.39, 0.29) is 0 Å². The number of hydrogen-bond acceptors (Lipinski definition) is 6. The second-order valence-corrected chi connectivity index (χ2v) is 10.2. The van der Waals surface area contributed by atoms with Gasteiger partial charge >= 0.3 is 0 Å². The highest BCUT2D eigenvalue weighted by Crippen LogP contribution is 2.22. The molecular weight excluding hydrogens is 412 g/mol. The first kappa shape index (κ1) is 21.7. The standard InChI is InChI=1S/C23H28N4O3S/c1-17(2)19-8-10-21(11-9-19)31(28,29)27-14-12-26(13-15-27)16-22-24-23(25-30-22)20-6-4-18(3)5-7-20/h4-11,17H,12-16H2,1-3H3. The number of aryl methyl sites for hydroxylation is 1. The minimum absolute atomic E-state index is 0.352. The van der Waals surface area contributed by atoms with Crippen LogP contribution < -0.4 is 0 Å². The van der Waals surface area contributed by atoms with Crippen LogP contribution in [0.2, 0.25) is 0 Å². The summed E-state index contributed by atoms with van der Waals surface area (Å²) in [5.41, 5.74) is 3.23. The summed E-state index contributed by atoms with van der Waals surface area (Å²) >= 11 is 0. The minimum Gasteiger partial charge on any atom is -0.338 e. The van der Waals surface area contributed by atoms with Crippen molar-refractivity contribution in [1.29, 1.82) is 0 Å². The van der Waals surface area contributed by atoms with Crippen molar-refractivity contribution in [3.05, 3.63) is 65.5 Å². The molecule has 0 atom stereocenters. The molecule has 0 bridgehead atoms. The Balaban J connectivity index is 1.36. The van der Waals surface area contributed by atoms with Crippen LogP contribution >= 0.6 is 0 Å². The molecule has 8 heteroatoms. The molecule has 2 aromatic carbocycles. The van der Waals surface area contributed by atoms with Gasteiger partial charge in [-0.25, -0.2) is 8.42 Å². The quantitative estimate of drug-likeness (QED) is 0.582. The molecule has 1 saturated heterocycles. The molecule has 0 radical (unpaired) electrons. The van der Waals surface area contributed by atoms with Gasteiger partial charge in [0.1, 0.15) is 0 Å². The topological polar surface area (TPSA) is 79.5 Å². The van der Waals surface area contributed by atoms with E-state index in [1.54, 1.807) is 16.4 Å². The van der Waals surface area contributed by atoms with Crippen molar-refractivity contribution in [3.8, 4) is 11.4 Å². The summed E-state index contributed by atoms with van der Waals surface area (Å²) in [5, 5.41) is 4.08. The summed E-state index contributed by atoms with van der Waals surface area (Å²) in [4.78, 5) is 6.98. The molecule has 0 saturated carbocycles. The largest absolute Gasteiger partial charge is 0.338 e. The van der Waals surface area contributed by atoms with Gasteiger partial charge in [-0.05, 0) is 30.5 Å². The summed E-state index contributed by atoms with van der Waals surface area (Å²) in [6.45, 7) is 8.84. The van der Waals surface area contributed by atoms with Crippen LogP contribution in [0.3, 0.4) is 0 Å². The van der Waals surface area contributed by atoms with Crippen molar-refractivity contribution in [1.82, 2.24) is 19.3 Å². The van der Waals surface area contributed by atoms with E-state index in [0.29, 0.717) is 55.3 Å². The zero-order valence-corrected chi connectivity index (χ0v) is 19.0. The van der Waals surface area contributed by atoms with Crippen molar-refractivity contribution >= 4 is 10.0 Å². The Hall–Kier alpha value is -2.55. The summed E-state index contributed by atoms with van der Waals surface area (Å²) in [7, 11) is -3.48. The first-order chi connectivity index (χ1) is 14.8. The van der Waals surface area contributed by atoms with Crippen LogP contribution in [0, 0.1) is 6.92 Å². The van der Waals surface area contributed by atoms with Crippen molar-refractivity contribution in [2.75, 3.05) is 26.2 Å². The molecule has 1 aliphatic rings. The molecule has 0 aliphatic carbocycles. The van der Waals surface area contributed by atoms with Gasteiger partial charge in [-0.1, -0.05) is 61.0 Å². The van der Waals surface area contributed by atoms with Crippen LogP contribution in [0.4, 0.5) is 0 Å². The van der Waals surface area contributed by atoms with Crippen LogP contribution in [0.5, 0.6) is 0 Å². The molecule has 3 aromatic rings. The van der Waals surface area contributed by atoms with Crippen LogP contribution in [-0.4, -0.2) is 53.9 Å². The fraction of sp³-hybridized carbons (Fsp3) is 0.391. The second kappa shape index (κ2) is 8.90. The van der Waals surface area contributed by atoms with E-state index in [1.807, 2.05) is 43.3 Å². The minimum atomic E-state index is -3.48. The summed E-state index contributed by atoms with van der Waals surface area (Å²) in [6.07, 6.45) is 0. The zero-order chi connectivity index (χ0) is 22.0. The molecular formula is C23H28N4O3S. The molecule has 1 aliphatic heterocycles. The van der Waals surface area contributed by atoms with Gasteiger partial charge < -0.3 is 4.52 Å². The molecule has 1 fully saturated rings. The highest BCUT2D eigenvalue weighted by molar-refractivity contribution is 7.89. The predicted molar refractivity (Wildman–Crippen MR) is 119 cm³/mol. The molecule has 31 heavy (non-hydrogen) atoms. The van der Waals surface area contributed by atoms with Gasteiger partial charge in [-0.3, -0.25) is 4.90 Å². The molecule has 1 aromatic heterocycles. The van der Waals surface area contributed by atoms with Crippen molar-refractivity contribution in [2.45, 2.75) is 38.1 Å². The van der Waals surface area contributed by atoms with E-state index in [0.717, 1.165) is 11.1 Å². The Kier molecular flexibility index (Phi) is 6.22. The summed E-state index contributed by atoms with van der Waals surface area (Å²) in [5.74, 6) is 1.48. The molecule has 0 spiro atoms. The Morgan fingerprint density at radius 3 is 2.23 bits per heavy atom. The number of nitrogens with zero attached hydrogens (tertiary/aromatic N) is 4. The maximum Gasteiger partial charge on any atom is 0.243 e. The lowest BCUT2D eigenvalue weighted by Crippen LogP contribution is -2.48. The molecule has 164 valence electrons. The van der Waals surface area contributed by atoms with Gasteiger partial charge in [-0.2, -0.15) is 9.29 Å². The van der Waals surface area contributed by atoms with Crippen molar-refractivity contribution in [2.24, 2.45) is 0 Å². The van der Waals surface area contributed by atoms with Gasteiger partial charge in [0.25, 0.3) is 0 Å². The first-order valence-electron chi connectivity index (χ1n) is 10.5. The Morgan fingerprint density at radius 2 is 1.61 bits per heavy atom. The van der Waals surface area contributed by atoms with E-state index in [9.17, 15) is 8.42 Å². The maximum atomic E-state index is 13.0. The highest BCUT2D eigenvalue weighted by atomic mass is 32.2. The van der Waals surface area contributed by atoms with Crippen molar-refractivity contribution < 1.29 is 12.9 Å². The number of piperazine rings is 1. The molecule has 4 rings (SSSR count). The highest BCUT2D eigenvalue weighted by Gasteiger charge is 2.29. The number of aromatic nitrogens is 2. The van der Waals surface area contributed by atoms with Crippen molar-refractivity contribution in [3.63, 3.8) is 0 Å². The third-order valence-electron chi connectivity index (χ3n) is 5.65. The summed E-state index contributed by atoms with van der Waals surface area (Å²) < 4.78 is 32.9. The van der Waals surface area contributed by atoms with Crippen LogP contribution in [0.15, 0.2) is 57.9 Å². The predicted octanol–water partition coefficient (Wildman–Crippen LogP) is 3.67. The Labute approximate surface area is 183 Å². The number of rotatable bonds is 6. The summed E-state index contributed by atoms with van der Waals surface area (Å²) in [6, 6.07) is 15.2. The normalized spacial score (nSPS) is 16.1. The van der Waals surface area contributed by atoms with Gasteiger partial charge in [0.05, 0.1) is 11.4 Å². The van der Waals surface area contributed by atoms with Gasteiger partial charge in [0, 0.05) is 31.7 Å². The third kappa shape index (κ3) is 4.87. The van der Waals surface area contributed by atoms with Gasteiger partial charge in [0.2, 0.25) is 21.7 Å². The fourth-order valence-corrected chi connectivity index (χ4v) is 5.05. The first-order valence-corrected chi connectivity index (χ1v) is 12.0. The van der Waals surface area contributed by atoms with Gasteiger partial charge in [-0.15, -0.1) is 0 Å². The molecule has 2 heterocycles. The van der Waals surface area contributed by atoms with E-state index < -0.39 is 10.0 Å².